The van der Waals surface area contributed by atoms with Crippen molar-refractivity contribution in [3.63, 3.8) is 0 Å². The predicted octanol–water partition coefficient (Wildman–Crippen LogP) is 6.36. The Kier molecular flexibility index (Phi) is 6.31. The van der Waals surface area contributed by atoms with Crippen molar-refractivity contribution in [2.75, 3.05) is 6.16 Å². The van der Waals surface area contributed by atoms with Crippen LogP contribution in [0.3, 0.4) is 0 Å². The molecule has 1 heteroatoms. The Morgan fingerprint density at radius 2 is 1.21 bits per heavy atom. The van der Waals surface area contributed by atoms with Gasteiger partial charge in [-0.1, -0.05) is 73.2 Å². The molecular formula is C28H32P+. The Balaban J connectivity index is 1.84. The maximum atomic E-state index is 2.50. The van der Waals surface area contributed by atoms with E-state index in [0.29, 0.717) is 5.92 Å². The second kappa shape index (κ2) is 9.10. The van der Waals surface area contributed by atoms with Crippen LogP contribution in [0.25, 0.3) is 0 Å². The molecule has 148 valence electrons. The van der Waals surface area contributed by atoms with E-state index in [0.717, 1.165) is 5.92 Å². The molecule has 0 aliphatic heterocycles. The van der Waals surface area contributed by atoms with Crippen molar-refractivity contribution < 1.29 is 0 Å². The Labute approximate surface area is 177 Å². The summed E-state index contributed by atoms with van der Waals surface area (Å²) in [6.45, 7) is 4.79. The summed E-state index contributed by atoms with van der Waals surface area (Å²) in [5, 5.41) is 4.52. The largest absolute Gasteiger partial charge is 0.112 e. The van der Waals surface area contributed by atoms with Crippen molar-refractivity contribution in [3.8, 4) is 0 Å². The molecule has 3 aromatic carbocycles. The third-order valence-corrected chi connectivity index (χ3v) is 11.3. The highest BCUT2D eigenvalue weighted by Crippen LogP contribution is 2.57. The summed E-state index contributed by atoms with van der Waals surface area (Å²) in [5.41, 5.74) is 1.57. The van der Waals surface area contributed by atoms with Crippen LogP contribution in [0, 0.1) is 11.8 Å². The highest BCUT2D eigenvalue weighted by molar-refractivity contribution is 7.95. The third kappa shape index (κ3) is 4.24. The molecule has 0 amide bonds. The van der Waals surface area contributed by atoms with Crippen LogP contribution in [0.4, 0.5) is 0 Å². The normalized spacial score (nSPS) is 18.1. The minimum atomic E-state index is -1.71. The first kappa shape index (κ1) is 20.1. The van der Waals surface area contributed by atoms with Gasteiger partial charge in [-0.3, -0.25) is 0 Å². The quantitative estimate of drug-likeness (QED) is 0.334. The molecule has 29 heavy (non-hydrogen) atoms. The van der Waals surface area contributed by atoms with Gasteiger partial charge in [-0.2, -0.15) is 0 Å². The number of benzene rings is 3. The van der Waals surface area contributed by atoms with Crippen molar-refractivity contribution in [2.24, 2.45) is 11.8 Å². The van der Waals surface area contributed by atoms with Gasteiger partial charge in [0.05, 0.1) is 6.16 Å². The topological polar surface area (TPSA) is 0 Å². The molecule has 0 spiro atoms. The lowest BCUT2D eigenvalue weighted by Crippen LogP contribution is -2.36. The van der Waals surface area contributed by atoms with Crippen molar-refractivity contribution in [3.05, 3.63) is 103 Å². The first-order chi connectivity index (χ1) is 14.2. The average Bonchev–Trinajstić information content (AvgIpc) is 2.79. The summed E-state index contributed by atoms with van der Waals surface area (Å²) < 4.78 is 0. The van der Waals surface area contributed by atoms with Gasteiger partial charge in [0.1, 0.15) is 23.2 Å². The average molecular weight is 400 g/mol. The van der Waals surface area contributed by atoms with Crippen molar-refractivity contribution in [2.45, 2.75) is 33.1 Å². The minimum absolute atomic E-state index is 0.688. The first-order valence-corrected chi connectivity index (χ1v) is 12.9. The monoisotopic (exact) mass is 399 g/mol. The molecule has 2 atom stereocenters. The Bertz CT molecular complexity index is 831. The highest BCUT2D eigenvalue weighted by atomic mass is 31.2. The molecule has 0 fully saturated rings. The van der Waals surface area contributed by atoms with Gasteiger partial charge in [0.15, 0.2) is 0 Å². The second-order valence-electron chi connectivity index (χ2n) is 8.56. The lowest BCUT2D eigenvalue weighted by atomic mass is 9.83. The molecule has 0 heterocycles. The summed E-state index contributed by atoms with van der Waals surface area (Å²) in [5.74, 6) is 1.47. The molecule has 3 aromatic rings. The fourth-order valence-electron chi connectivity index (χ4n) is 4.89. The Hall–Kier alpha value is -2.17. The number of hydrogen-bond donors (Lipinski definition) is 0. The maximum absolute atomic E-state index is 2.50. The third-order valence-electron chi connectivity index (χ3n) is 6.64. The predicted molar refractivity (Wildman–Crippen MR) is 130 cm³/mol. The summed E-state index contributed by atoms with van der Waals surface area (Å²) in [7, 11) is -1.71. The lowest BCUT2D eigenvalue weighted by Gasteiger charge is -2.33. The van der Waals surface area contributed by atoms with Crippen LogP contribution in [-0.2, 0) is 0 Å². The van der Waals surface area contributed by atoms with Crippen LogP contribution >= 0.6 is 7.26 Å². The summed E-state index contributed by atoms with van der Waals surface area (Å²) in [6.07, 6.45) is 7.57. The zero-order valence-electron chi connectivity index (χ0n) is 17.7. The molecule has 0 bridgehead atoms. The van der Waals surface area contributed by atoms with Crippen LogP contribution in [0.5, 0.6) is 0 Å². The Morgan fingerprint density at radius 3 is 1.59 bits per heavy atom. The number of hydrogen-bond acceptors (Lipinski definition) is 0. The zero-order valence-corrected chi connectivity index (χ0v) is 18.6. The van der Waals surface area contributed by atoms with E-state index in [1.54, 1.807) is 5.57 Å². The SMILES string of the molecule is CC1=CC[C@H](C(C)C[P+](c2ccccc2)(c2ccccc2)c2ccccc2)CC1. The fraction of sp³-hybridized carbons (Fsp3) is 0.286. The van der Waals surface area contributed by atoms with E-state index in [1.165, 1.54) is 41.3 Å². The van der Waals surface area contributed by atoms with Gasteiger partial charge >= 0.3 is 0 Å². The smallest absolute Gasteiger partial charge is 0.0853 e. The molecular weight excluding hydrogens is 367 g/mol. The van der Waals surface area contributed by atoms with Crippen LogP contribution in [0.2, 0.25) is 0 Å². The summed E-state index contributed by atoms with van der Waals surface area (Å²) in [6, 6.07) is 33.9. The van der Waals surface area contributed by atoms with Crippen molar-refractivity contribution in [1.82, 2.24) is 0 Å². The minimum Gasteiger partial charge on any atom is -0.0853 e. The molecule has 4 rings (SSSR count). The van der Waals surface area contributed by atoms with E-state index in [1.807, 2.05) is 0 Å². The zero-order chi connectivity index (χ0) is 20.1. The summed E-state index contributed by atoms with van der Waals surface area (Å²) in [4.78, 5) is 0. The number of rotatable bonds is 6. The van der Waals surface area contributed by atoms with E-state index >= 15 is 0 Å². The van der Waals surface area contributed by atoms with E-state index in [4.69, 9.17) is 0 Å². The van der Waals surface area contributed by atoms with E-state index < -0.39 is 7.26 Å². The van der Waals surface area contributed by atoms with Crippen LogP contribution in [0.15, 0.2) is 103 Å². The van der Waals surface area contributed by atoms with E-state index in [9.17, 15) is 0 Å². The van der Waals surface area contributed by atoms with Gasteiger partial charge < -0.3 is 0 Å². The molecule has 1 aliphatic carbocycles. The highest BCUT2D eigenvalue weighted by Gasteiger charge is 2.47. The van der Waals surface area contributed by atoms with Crippen LogP contribution in [-0.4, -0.2) is 6.16 Å². The Morgan fingerprint density at radius 1 is 0.759 bits per heavy atom. The lowest BCUT2D eigenvalue weighted by molar-refractivity contribution is 0.354. The van der Waals surface area contributed by atoms with E-state index in [2.05, 4.69) is 111 Å². The molecule has 1 unspecified atom stereocenters. The van der Waals surface area contributed by atoms with Crippen molar-refractivity contribution >= 4 is 23.2 Å². The van der Waals surface area contributed by atoms with Gasteiger partial charge in [-0.05, 0) is 74.4 Å². The van der Waals surface area contributed by atoms with Gasteiger partial charge in [-0.25, -0.2) is 0 Å². The molecule has 0 N–H and O–H groups in total. The van der Waals surface area contributed by atoms with Gasteiger partial charge in [0.25, 0.3) is 0 Å². The van der Waals surface area contributed by atoms with E-state index in [-0.39, 0.29) is 0 Å². The molecule has 0 aromatic heterocycles. The van der Waals surface area contributed by atoms with Crippen LogP contribution < -0.4 is 15.9 Å². The summed E-state index contributed by atoms with van der Waals surface area (Å²) >= 11 is 0. The van der Waals surface area contributed by atoms with Gasteiger partial charge in [-0.15, -0.1) is 0 Å². The number of allylic oxidation sites excluding steroid dienone is 2. The van der Waals surface area contributed by atoms with Crippen molar-refractivity contribution in [1.29, 1.82) is 0 Å². The molecule has 1 aliphatic rings. The first-order valence-electron chi connectivity index (χ1n) is 10.9. The fourth-order valence-corrected chi connectivity index (χ4v) is 9.63. The molecule has 0 saturated heterocycles. The molecule has 0 nitrogen and oxygen atoms in total. The molecule has 0 radical (unpaired) electrons. The van der Waals surface area contributed by atoms with Gasteiger partial charge in [0, 0.05) is 0 Å². The maximum Gasteiger partial charge on any atom is 0.112 e. The standard InChI is InChI=1S/C28H32P/c1-23-18-20-25(21-19-23)24(2)22-29(26-12-6-3-7-13-26,27-14-8-4-9-15-27)28-16-10-5-11-17-28/h3-18,24-25H,19-22H2,1-2H3/q+1/t24?,25-/m0/s1. The molecule has 0 saturated carbocycles. The second-order valence-corrected chi connectivity index (χ2v) is 12.1. The van der Waals surface area contributed by atoms with Gasteiger partial charge in [0.2, 0.25) is 0 Å². The van der Waals surface area contributed by atoms with Crippen LogP contribution in [0.1, 0.15) is 33.1 Å².